The SMILES string of the molecule is O=C(Nc1cnn([C@@H](CO)c2cnc(N3CC4CC4C3)nc2)c1)c1cncc(-c2c(C(F)F)ccc(Cl)c2F)n1. The molecule has 2 aliphatic rings. The summed E-state index contributed by atoms with van der Waals surface area (Å²) < 4.78 is 43.2. The van der Waals surface area contributed by atoms with Gasteiger partial charge in [0.2, 0.25) is 5.95 Å². The van der Waals surface area contributed by atoms with Crippen molar-refractivity contribution < 1.29 is 23.1 Å². The zero-order chi connectivity index (χ0) is 28.0. The van der Waals surface area contributed by atoms with Gasteiger partial charge in [-0.3, -0.25) is 14.5 Å². The molecular weight excluding hydrogens is 549 g/mol. The van der Waals surface area contributed by atoms with Gasteiger partial charge in [-0.2, -0.15) is 5.10 Å². The predicted octanol–water partition coefficient (Wildman–Crippen LogP) is 4.15. The number of hydrogen-bond acceptors (Lipinski definition) is 8. The standard InChI is InChI=1S/C26H22ClF3N8O2/c27-18-2-1-17(24(29)30)22(23(18)28)19-7-31-8-20(36-19)25(40)35-16-6-34-38(11-16)21(12-39)15-4-32-26(33-5-15)37-9-13-3-14(13)10-37/h1-2,4-8,11,13-14,21,24,39H,3,9-10,12H2,(H,35,40)/t13?,14?,21-/m0/s1. The summed E-state index contributed by atoms with van der Waals surface area (Å²) >= 11 is 5.79. The lowest BCUT2D eigenvalue weighted by Crippen LogP contribution is -2.24. The van der Waals surface area contributed by atoms with Crippen LogP contribution in [0.3, 0.4) is 0 Å². The van der Waals surface area contributed by atoms with Crippen molar-refractivity contribution in [2.45, 2.75) is 18.9 Å². The number of aliphatic hydroxyl groups is 1. The van der Waals surface area contributed by atoms with Crippen molar-refractivity contribution in [2.24, 2.45) is 11.8 Å². The first-order valence-corrected chi connectivity index (χ1v) is 12.8. The van der Waals surface area contributed by atoms with Gasteiger partial charge in [-0.25, -0.2) is 28.1 Å². The molecule has 2 unspecified atom stereocenters. The fourth-order valence-corrected chi connectivity index (χ4v) is 5.10. The third kappa shape index (κ3) is 4.97. The molecule has 1 aromatic carbocycles. The maximum Gasteiger partial charge on any atom is 0.275 e. The fourth-order valence-electron chi connectivity index (χ4n) is 4.94. The third-order valence-electron chi connectivity index (χ3n) is 7.14. The number of aliphatic hydroxyl groups excluding tert-OH is 1. The number of nitrogens with zero attached hydrogens (tertiary/aromatic N) is 7. The van der Waals surface area contributed by atoms with Crippen molar-refractivity contribution in [2.75, 3.05) is 29.9 Å². The second-order valence-corrected chi connectivity index (χ2v) is 10.2. The number of piperidine rings is 1. The summed E-state index contributed by atoms with van der Waals surface area (Å²) in [6, 6.07) is 1.42. The quantitative estimate of drug-likeness (QED) is 0.324. The van der Waals surface area contributed by atoms with E-state index in [2.05, 4.69) is 35.3 Å². The lowest BCUT2D eigenvalue weighted by molar-refractivity contribution is 0.102. The molecule has 1 amide bonds. The van der Waals surface area contributed by atoms with Crippen LogP contribution in [0.25, 0.3) is 11.3 Å². The van der Waals surface area contributed by atoms with E-state index in [1.54, 1.807) is 12.4 Å². The molecule has 2 fully saturated rings. The Balaban J connectivity index is 1.18. The molecule has 0 radical (unpaired) electrons. The van der Waals surface area contributed by atoms with Gasteiger partial charge in [0.1, 0.15) is 11.7 Å². The van der Waals surface area contributed by atoms with E-state index in [9.17, 15) is 23.1 Å². The first kappa shape index (κ1) is 26.1. The molecule has 1 aliphatic carbocycles. The Morgan fingerprint density at radius 1 is 1.12 bits per heavy atom. The van der Waals surface area contributed by atoms with Crippen LogP contribution in [0.4, 0.5) is 24.8 Å². The van der Waals surface area contributed by atoms with E-state index in [4.69, 9.17) is 11.6 Å². The summed E-state index contributed by atoms with van der Waals surface area (Å²) in [5.41, 5.74) is -0.766. The average Bonchev–Trinajstić information content (AvgIpc) is 3.31. The van der Waals surface area contributed by atoms with Gasteiger partial charge in [-0.05, 0) is 24.3 Å². The minimum Gasteiger partial charge on any atom is -0.394 e. The third-order valence-corrected chi connectivity index (χ3v) is 7.43. The van der Waals surface area contributed by atoms with Gasteiger partial charge in [-0.1, -0.05) is 17.7 Å². The van der Waals surface area contributed by atoms with E-state index in [1.807, 2.05) is 0 Å². The molecule has 14 heteroatoms. The van der Waals surface area contributed by atoms with Crippen molar-refractivity contribution in [3.8, 4) is 11.3 Å². The number of amides is 1. The minimum absolute atomic E-state index is 0.243. The lowest BCUT2D eigenvalue weighted by Gasteiger charge is -2.19. The van der Waals surface area contributed by atoms with Gasteiger partial charge in [0.25, 0.3) is 12.3 Å². The van der Waals surface area contributed by atoms with E-state index in [0.717, 1.165) is 49.5 Å². The lowest BCUT2D eigenvalue weighted by atomic mass is 10.0. The molecule has 0 bridgehead atoms. The molecule has 3 atom stereocenters. The molecule has 1 aliphatic heterocycles. The smallest absolute Gasteiger partial charge is 0.275 e. The Morgan fingerprint density at radius 2 is 1.88 bits per heavy atom. The van der Waals surface area contributed by atoms with Crippen molar-refractivity contribution in [1.29, 1.82) is 0 Å². The van der Waals surface area contributed by atoms with Crippen LogP contribution in [0, 0.1) is 17.7 Å². The predicted molar refractivity (Wildman–Crippen MR) is 139 cm³/mol. The van der Waals surface area contributed by atoms with Crippen LogP contribution < -0.4 is 10.2 Å². The first-order chi connectivity index (χ1) is 19.3. The Kier molecular flexibility index (Phi) is 6.84. The molecule has 4 aromatic rings. The maximum absolute atomic E-state index is 14.7. The number of carbonyl (C=O) groups is 1. The molecule has 206 valence electrons. The van der Waals surface area contributed by atoms with E-state index < -0.39 is 35.3 Å². The van der Waals surface area contributed by atoms with Crippen LogP contribution in [0.1, 0.15) is 40.5 Å². The summed E-state index contributed by atoms with van der Waals surface area (Å²) in [5.74, 6) is 0.326. The summed E-state index contributed by atoms with van der Waals surface area (Å²) in [6.07, 6.45) is 6.64. The number of benzene rings is 1. The van der Waals surface area contributed by atoms with Crippen molar-refractivity contribution >= 4 is 29.1 Å². The van der Waals surface area contributed by atoms with Gasteiger partial charge in [0.15, 0.2) is 5.82 Å². The molecule has 4 heterocycles. The number of fused-ring (bicyclic) bond motifs is 1. The molecule has 10 nitrogen and oxygen atoms in total. The Bertz CT molecular complexity index is 1560. The summed E-state index contributed by atoms with van der Waals surface area (Å²) in [6.45, 7) is 1.63. The number of aromatic nitrogens is 6. The van der Waals surface area contributed by atoms with Crippen LogP contribution in [-0.2, 0) is 0 Å². The molecule has 1 saturated heterocycles. The summed E-state index contributed by atoms with van der Waals surface area (Å²) in [7, 11) is 0. The highest BCUT2D eigenvalue weighted by Crippen LogP contribution is 2.45. The second-order valence-electron chi connectivity index (χ2n) is 9.75. The van der Waals surface area contributed by atoms with Gasteiger partial charge in [0.05, 0.1) is 41.6 Å². The van der Waals surface area contributed by atoms with E-state index in [0.29, 0.717) is 11.5 Å². The normalized spacial score (nSPS) is 18.6. The van der Waals surface area contributed by atoms with E-state index in [1.165, 1.54) is 23.5 Å². The van der Waals surface area contributed by atoms with E-state index in [-0.39, 0.29) is 28.7 Å². The number of halogens is 4. The highest BCUT2D eigenvalue weighted by Gasteiger charge is 2.45. The van der Waals surface area contributed by atoms with Crippen LogP contribution >= 0.6 is 11.6 Å². The fraction of sp³-hybridized carbons (Fsp3) is 0.308. The van der Waals surface area contributed by atoms with Crippen molar-refractivity contribution in [3.05, 3.63) is 77.0 Å². The Labute approximate surface area is 230 Å². The zero-order valence-corrected chi connectivity index (χ0v) is 21.5. The van der Waals surface area contributed by atoms with Crippen LogP contribution in [-0.4, -0.2) is 60.4 Å². The molecule has 0 spiro atoms. The zero-order valence-electron chi connectivity index (χ0n) is 20.8. The molecule has 2 N–H and O–H groups in total. The highest BCUT2D eigenvalue weighted by atomic mass is 35.5. The van der Waals surface area contributed by atoms with Gasteiger partial charge >= 0.3 is 0 Å². The number of anilines is 2. The largest absolute Gasteiger partial charge is 0.394 e. The van der Waals surface area contributed by atoms with Gasteiger partial charge in [0, 0.05) is 48.4 Å². The van der Waals surface area contributed by atoms with Crippen molar-refractivity contribution in [3.63, 3.8) is 0 Å². The highest BCUT2D eigenvalue weighted by molar-refractivity contribution is 6.31. The number of hydrogen-bond donors (Lipinski definition) is 2. The van der Waals surface area contributed by atoms with Gasteiger partial charge in [-0.15, -0.1) is 0 Å². The first-order valence-electron chi connectivity index (χ1n) is 12.4. The number of nitrogens with one attached hydrogen (secondary N) is 1. The molecule has 40 heavy (non-hydrogen) atoms. The number of carbonyl (C=O) groups excluding carboxylic acids is 1. The molecule has 3 aromatic heterocycles. The van der Waals surface area contributed by atoms with Crippen molar-refractivity contribution in [1.82, 2.24) is 29.7 Å². The van der Waals surface area contributed by atoms with Crippen LogP contribution in [0.15, 0.2) is 49.3 Å². The maximum atomic E-state index is 14.7. The topological polar surface area (TPSA) is 122 Å². The molecule has 1 saturated carbocycles. The Hall–Kier alpha value is -4.10. The minimum atomic E-state index is -3.00. The van der Waals surface area contributed by atoms with Crippen LogP contribution in [0.5, 0.6) is 0 Å². The van der Waals surface area contributed by atoms with Crippen LogP contribution in [0.2, 0.25) is 5.02 Å². The average molecular weight is 571 g/mol. The summed E-state index contributed by atoms with van der Waals surface area (Å²) in [4.78, 5) is 31.9. The van der Waals surface area contributed by atoms with E-state index >= 15 is 0 Å². The van der Waals surface area contributed by atoms with Gasteiger partial charge < -0.3 is 15.3 Å². The number of alkyl halides is 2. The molecular formula is C26H22ClF3N8O2. The second kappa shape index (κ2) is 10.5. The Morgan fingerprint density at radius 3 is 2.58 bits per heavy atom. The molecule has 6 rings (SSSR count). The monoisotopic (exact) mass is 570 g/mol. The number of rotatable bonds is 8. The summed E-state index contributed by atoms with van der Waals surface area (Å²) in [5, 5.41) is 16.5.